The number of aromatic nitrogens is 1. The average Bonchev–Trinajstić information content (AvgIpc) is 3.29. The zero-order valence-electron chi connectivity index (χ0n) is 18.6. The van der Waals surface area contributed by atoms with Crippen molar-refractivity contribution in [1.82, 2.24) is 5.16 Å². The predicted octanol–water partition coefficient (Wildman–Crippen LogP) is 3.13. The Morgan fingerprint density at radius 3 is 2.52 bits per heavy atom. The molecule has 166 valence electrons. The second-order valence-electron chi connectivity index (χ2n) is 8.73. The first-order chi connectivity index (χ1) is 16.1. The summed E-state index contributed by atoms with van der Waals surface area (Å²) in [6.07, 6.45) is 0. The molecule has 2 aliphatic rings. The van der Waals surface area contributed by atoms with Crippen molar-refractivity contribution in [3.8, 4) is 17.1 Å². The van der Waals surface area contributed by atoms with E-state index in [0.29, 0.717) is 16.9 Å². The Morgan fingerprint density at radius 2 is 1.79 bits per heavy atom. The van der Waals surface area contributed by atoms with Gasteiger partial charge in [0.2, 0.25) is 0 Å². The number of methoxy groups -OCH3 is 1. The minimum absolute atomic E-state index is 0.0170. The van der Waals surface area contributed by atoms with Crippen LogP contribution in [0.2, 0.25) is 0 Å². The van der Waals surface area contributed by atoms with Crippen molar-refractivity contribution < 1.29 is 19.0 Å². The summed E-state index contributed by atoms with van der Waals surface area (Å²) < 4.78 is 11.2. The molecular formula is C26H25N4O3+. The molecule has 1 aromatic heterocycles. The summed E-state index contributed by atoms with van der Waals surface area (Å²) in [6.45, 7) is 3.96. The topological polar surface area (TPSA) is 72.0 Å². The number of anilines is 3. The smallest absolute Gasteiger partial charge is 0.196 e. The van der Waals surface area contributed by atoms with Gasteiger partial charge in [-0.3, -0.25) is 4.79 Å². The van der Waals surface area contributed by atoms with Crippen molar-refractivity contribution >= 4 is 33.7 Å². The normalized spacial score (nSPS) is 15.6. The average molecular weight is 442 g/mol. The number of fused-ring (bicyclic) bond motifs is 2. The molecule has 7 nitrogen and oxygen atoms in total. The van der Waals surface area contributed by atoms with E-state index in [9.17, 15) is 4.79 Å². The Hall–Kier alpha value is -3.84. The number of benzene rings is 3. The SMILES string of the molecule is COc1ccc(Nc2cc(N3CC[NH+](C)CC3)c3noc4c3c2C(=O)c2ccccc2-4)cc1. The molecule has 2 N–H and O–H groups in total. The summed E-state index contributed by atoms with van der Waals surface area (Å²) in [6, 6.07) is 17.3. The molecule has 0 unspecified atom stereocenters. The first kappa shape index (κ1) is 19.8. The van der Waals surface area contributed by atoms with Crippen LogP contribution in [-0.2, 0) is 0 Å². The van der Waals surface area contributed by atoms with Gasteiger partial charge in [0.15, 0.2) is 11.5 Å². The third-order valence-electron chi connectivity index (χ3n) is 6.71. The lowest BCUT2D eigenvalue weighted by Gasteiger charge is -2.32. The number of carbonyl (C=O) groups excluding carboxylic acids is 1. The number of ether oxygens (including phenoxy) is 1. The second kappa shape index (κ2) is 7.64. The Balaban J connectivity index is 1.56. The van der Waals surface area contributed by atoms with Crippen molar-refractivity contribution in [1.29, 1.82) is 0 Å². The molecule has 1 fully saturated rings. The zero-order chi connectivity index (χ0) is 22.5. The van der Waals surface area contributed by atoms with Crippen LogP contribution in [-0.4, -0.2) is 51.3 Å². The monoisotopic (exact) mass is 441 g/mol. The van der Waals surface area contributed by atoms with Gasteiger partial charge in [0, 0.05) is 16.8 Å². The van der Waals surface area contributed by atoms with Gasteiger partial charge in [-0.25, -0.2) is 0 Å². The maximum absolute atomic E-state index is 13.7. The van der Waals surface area contributed by atoms with Crippen LogP contribution in [0, 0.1) is 0 Å². The maximum Gasteiger partial charge on any atom is 0.196 e. The van der Waals surface area contributed by atoms with Gasteiger partial charge in [0.1, 0.15) is 11.3 Å². The molecule has 33 heavy (non-hydrogen) atoms. The van der Waals surface area contributed by atoms with Crippen LogP contribution in [0.5, 0.6) is 5.75 Å². The molecule has 0 amide bonds. The molecule has 0 radical (unpaired) electrons. The van der Waals surface area contributed by atoms with Gasteiger partial charge in [0.05, 0.1) is 62.7 Å². The van der Waals surface area contributed by atoms with Gasteiger partial charge in [-0.2, -0.15) is 0 Å². The minimum atomic E-state index is -0.0170. The molecule has 1 aliphatic heterocycles. The van der Waals surface area contributed by atoms with Crippen molar-refractivity contribution in [2.24, 2.45) is 0 Å². The molecule has 3 aromatic carbocycles. The van der Waals surface area contributed by atoms with E-state index in [0.717, 1.165) is 65.5 Å². The number of nitrogens with one attached hydrogen (secondary N) is 2. The second-order valence-corrected chi connectivity index (χ2v) is 8.73. The van der Waals surface area contributed by atoms with Gasteiger partial charge in [-0.05, 0) is 30.3 Å². The first-order valence-electron chi connectivity index (χ1n) is 11.2. The van der Waals surface area contributed by atoms with Gasteiger partial charge >= 0.3 is 0 Å². The van der Waals surface area contributed by atoms with Crippen LogP contribution < -0.4 is 19.9 Å². The van der Waals surface area contributed by atoms with Crippen LogP contribution in [0.4, 0.5) is 17.1 Å². The number of quaternary nitrogens is 1. The molecular weight excluding hydrogens is 416 g/mol. The van der Waals surface area contributed by atoms with Gasteiger partial charge in [0.25, 0.3) is 0 Å². The molecule has 1 saturated heterocycles. The standard InChI is InChI=1S/C26H24N4O3/c1-29-11-13-30(14-12-29)21-15-20(27-16-7-9-17(32-2)10-8-16)22-23-24(21)28-33-26(23)19-6-4-3-5-18(19)25(22)31/h3-10,15,27H,11-14H2,1-2H3/p+1. The highest BCUT2D eigenvalue weighted by molar-refractivity contribution is 6.28. The number of nitrogens with zero attached hydrogens (tertiary/aromatic N) is 2. The van der Waals surface area contributed by atoms with E-state index in [2.05, 4.69) is 28.5 Å². The summed E-state index contributed by atoms with van der Waals surface area (Å²) in [5, 5.41) is 8.75. The number of piperazine rings is 1. The molecule has 7 heteroatoms. The van der Waals surface area contributed by atoms with E-state index < -0.39 is 0 Å². The Bertz CT molecular complexity index is 1370. The van der Waals surface area contributed by atoms with Crippen LogP contribution in [0.3, 0.4) is 0 Å². The fourth-order valence-corrected chi connectivity index (χ4v) is 4.84. The van der Waals surface area contributed by atoms with Gasteiger partial charge in [-0.15, -0.1) is 0 Å². The molecule has 4 aromatic rings. The summed E-state index contributed by atoms with van der Waals surface area (Å²) in [7, 11) is 3.86. The lowest BCUT2D eigenvalue weighted by atomic mass is 9.86. The molecule has 1 aliphatic carbocycles. The molecule has 0 saturated carbocycles. The fourth-order valence-electron chi connectivity index (χ4n) is 4.84. The number of likely N-dealkylation sites (N-methyl/N-ethyl adjacent to an activating group) is 1. The molecule has 0 atom stereocenters. The largest absolute Gasteiger partial charge is 0.497 e. The van der Waals surface area contributed by atoms with Gasteiger partial charge in [-0.1, -0.05) is 29.4 Å². The van der Waals surface area contributed by atoms with Gasteiger partial charge < -0.3 is 24.4 Å². The first-order valence-corrected chi connectivity index (χ1v) is 11.2. The number of carbonyl (C=O) groups is 1. The predicted molar refractivity (Wildman–Crippen MR) is 128 cm³/mol. The number of hydrogen-bond acceptors (Lipinski definition) is 6. The number of hydrogen-bond donors (Lipinski definition) is 2. The van der Waals surface area contributed by atoms with E-state index in [4.69, 9.17) is 9.26 Å². The molecule has 0 spiro atoms. The summed E-state index contributed by atoms with van der Waals surface area (Å²) >= 11 is 0. The molecule has 2 heterocycles. The zero-order valence-corrected chi connectivity index (χ0v) is 18.6. The van der Waals surface area contributed by atoms with E-state index in [-0.39, 0.29) is 5.78 Å². The third kappa shape index (κ3) is 3.15. The van der Waals surface area contributed by atoms with E-state index >= 15 is 0 Å². The minimum Gasteiger partial charge on any atom is -0.497 e. The molecule has 6 rings (SSSR count). The highest BCUT2D eigenvalue weighted by atomic mass is 16.5. The number of ketones is 1. The van der Waals surface area contributed by atoms with Crippen molar-refractivity contribution in [2.45, 2.75) is 0 Å². The third-order valence-corrected chi connectivity index (χ3v) is 6.71. The lowest BCUT2D eigenvalue weighted by Crippen LogP contribution is -3.12. The summed E-state index contributed by atoms with van der Waals surface area (Å²) in [4.78, 5) is 17.6. The van der Waals surface area contributed by atoms with Crippen molar-refractivity contribution in [3.05, 3.63) is 65.7 Å². The highest BCUT2D eigenvalue weighted by Crippen LogP contribution is 2.46. The van der Waals surface area contributed by atoms with E-state index in [1.165, 1.54) is 4.90 Å². The van der Waals surface area contributed by atoms with E-state index in [1.807, 2.05) is 48.5 Å². The lowest BCUT2D eigenvalue weighted by molar-refractivity contribution is -0.880. The summed E-state index contributed by atoms with van der Waals surface area (Å²) in [5.74, 6) is 1.43. The van der Waals surface area contributed by atoms with Crippen molar-refractivity contribution in [3.63, 3.8) is 0 Å². The Kier molecular flexibility index (Phi) is 4.58. The quantitative estimate of drug-likeness (QED) is 0.447. The van der Waals surface area contributed by atoms with Crippen molar-refractivity contribution in [2.75, 3.05) is 50.6 Å². The highest BCUT2D eigenvalue weighted by Gasteiger charge is 2.34. The number of rotatable bonds is 4. The summed E-state index contributed by atoms with van der Waals surface area (Å²) in [5.41, 5.74) is 5.44. The van der Waals surface area contributed by atoms with Crippen LogP contribution in [0.15, 0.2) is 59.1 Å². The Morgan fingerprint density at radius 1 is 1.06 bits per heavy atom. The van der Waals surface area contributed by atoms with Crippen LogP contribution in [0.25, 0.3) is 22.2 Å². The van der Waals surface area contributed by atoms with Crippen LogP contribution >= 0.6 is 0 Å². The van der Waals surface area contributed by atoms with Crippen LogP contribution in [0.1, 0.15) is 15.9 Å². The Labute approximate surface area is 191 Å². The maximum atomic E-state index is 13.7. The fraction of sp³-hybridized carbons (Fsp3) is 0.231. The molecule has 0 bridgehead atoms. The van der Waals surface area contributed by atoms with E-state index in [1.54, 1.807) is 7.11 Å².